The van der Waals surface area contributed by atoms with E-state index in [1.165, 1.54) is 0 Å². The summed E-state index contributed by atoms with van der Waals surface area (Å²) in [6, 6.07) is 17.2. The van der Waals surface area contributed by atoms with Gasteiger partial charge in [0.05, 0.1) is 18.7 Å². The lowest BCUT2D eigenvalue weighted by molar-refractivity contribution is 0.258. The van der Waals surface area contributed by atoms with E-state index in [4.69, 9.17) is 13.4 Å². The van der Waals surface area contributed by atoms with E-state index in [1.807, 2.05) is 61.5 Å². The molecule has 0 bridgehead atoms. The first-order valence-electron chi connectivity index (χ1n) is 9.39. The van der Waals surface area contributed by atoms with Gasteiger partial charge in [-0.1, -0.05) is 24.3 Å². The second-order valence-corrected chi connectivity index (χ2v) is 7.00. The number of oxazole rings is 1. The Labute approximate surface area is 169 Å². The fraction of sp³-hybridized carbons (Fsp3) is 0.136. The second kappa shape index (κ2) is 7.07. The fourth-order valence-electron chi connectivity index (χ4n) is 3.38. The molecule has 0 saturated carbocycles. The van der Waals surface area contributed by atoms with Crippen molar-refractivity contribution in [1.29, 1.82) is 0 Å². The van der Waals surface area contributed by atoms with Crippen LogP contribution in [0.15, 0.2) is 77.5 Å². The lowest BCUT2D eigenvalue weighted by Gasteiger charge is -1.99. The first-order chi connectivity index (χ1) is 14.5. The molecule has 0 aliphatic carbocycles. The summed E-state index contributed by atoms with van der Waals surface area (Å²) in [4.78, 5) is 29.5. The van der Waals surface area contributed by atoms with E-state index in [9.17, 15) is 9.59 Å². The van der Waals surface area contributed by atoms with E-state index in [0.717, 1.165) is 44.1 Å². The van der Waals surface area contributed by atoms with Crippen LogP contribution in [0.5, 0.6) is 0 Å². The van der Waals surface area contributed by atoms with Crippen molar-refractivity contribution in [1.82, 2.24) is 14.7 Å². The summed E-state index contributed by atoms with van der Waals surface area (Å²) < 4.78 is 17.6. The molecule has 5 rings (SSSR count). The average molecular weight is 403 g/mol. The van der Waals surface area contributed by atoms with Gasteiger partial charge in [0.25, 0.3) is 0 Å². The Morgan fingerprint density at radius 3 is 2.63 bits per heavy atom. The van der Waals surface area contributed by atoms with Gasteiger partial charge < -0.3 is 13.4 Å². The summed E-state index contributed by atoms with van der Waals surface area (Å²) in [5.74, 6) is 1.31. The van der Waals surface area contributed by atoms with Crippen molar-refractivity contribution in [2.75, 3.05) is 0 Å². The quantitative estimate of drug-likeness (QED) is 0.481. The molecule has 150 valence electrons. The molecule has 5 aromatic rings. The molecule has 8 heteroatoms. The van der Waals surface area contributed by atoms with E-state index in [1.54, 1.807) is 0 Å². The summed E-state index contributed by atoms with van der Waals surface area (Å²) >= 11 is 0. The molecule has 0 radical (unpaired) electrons. The van der Waals surface area contributed by atoms with Crippen LogP contribution < -0.4 is 11.4 Å². The van der Waals surface area contributed by atoms with Crippen LogP contribution in [-0.4, -0.2) is 14.7 Å². The number of nitrogens with zero attached hydrogens (tertiary/aromatic N) is 2. The predicted octanol–water partition coefficient (Wildman–Crippen LogP) is 3.48. The van der Waals surface area contributed by atoms with Crippen molar-refractivity contribution >= 4 is 11.0 Å². The normalized spacial score (nSPS) is 11.4. The number of furan rings is 1. The van der Waals surface area contributed by atoms with Gasteiger partial charge in [0.2, 0.25) is 5.89 Å². The second-order valence-electron chi connectivity index (χ2n) is 7.00. The molecular weight excluding hydrogens is 386 g/mol. The van der Waals surface area contributed by atoms with Crippen LogP contribution in [-0.2, 0) is 13.0 Å². The maximum absolute atomic E-state index is 11.6. The van der Waals surface area contributed by atoms with Gasteiger partial charge in [0, 0.05) is 10.9 Å². The lowest BCUT2D eigenvalue weighted by atomic mass is 10.1. The topological polar surface area (TPSA) is 107 Å². The van der Waals surface area contributed by atoms with Gasteiger partial charge in [0.15, 0.2) is 0 Å². The van der Waals surface area contributed by atoms with E-state index in [2.05, 4.69) is 9.97 Å². The highest BCUT2D eigenvalue weighted by atomic mass is 16.5. The van der Waals surface area contributed by atoms with E-state index < -0.39 is 11.4 Å². The van der Waals surface area contributed by atoms with Crippen molar-refractivity contribution in [3.63, 3.8) is 0 Å². The molecule has 2 aromatic carbocycles. The standard InChI is InChI=1S/C22H17N3O5/c1-13-18(23-20(28-13)15-5-3-2-4-6-15)11-17-10-16-9-14(7-8-19(16)29-17)12-25-21(26)24-22(27)30-25/h2-10H,11-12H2,1H3,(H,24,26,27). The van der Waals surface area contributed by atoms with Gasteiger partial charge in [-0.05, 0) is 42.8 Å². The average Bonchev–Trinajstić information content (AvgIpc) is 3.39. The summed E-state index contributed by atoms with van der Waals surface area (Å²) in [7, 11) is 0. The van der Waals surface area contributed by atoms with Crippen molar-refractivity contribution < 1.29 is 13.4 Å². The molecule has 0 aliphatic heterocycles. The van der Waals surface area contributed by atoms with E-state index in [-0.39, 0.29) is 6.54 Å². The lowest BCUT2D eigenvalue weighted by Crippen LogP contribution is -2.17. The first-order valence-corrected chi connectivity index (χ1v) is 9.39. The maximum atomic E-state index is 11.6. The Balaban J connectivity index is 1.41. The Morgan fingerprint density at radius 2 is 1.87 bits per heavy atom. The zero-order valence-corrected chi connectivity index (χ0v) is 16.0. The number of H-pyrrole nitrogens is 1. The number of hydrogen-bond acceptors (Lipinski definition) is 6. The van der Waals surface area contributed by atoms with Crippen LogP contribution in [0.4, 0.5) is 0 Å². The third-order valence-corrected chi connectivity index (χ3v) is 4.84. The number of fused-ring (bicyclic) bond motifs is 1. The minimum atomic E-state index is -0.774. The van der Waals surface area contributed by atoms with Gasteiger partial charge >= 0.3 is 11.4 Å². The Morgan fingerprint density at radius 1 is 1.03 bits per heavy atom. The van der Waals surface area contributed by atoms with Crippen molar-refractivity contribution in [3.8, 4) is 11.5 Å². The monoisotopic (exact) mass is 403 g/mol. The van der Waals surface area contributed by atoms with Crippen LogP contribution in [0.25, 0.3) is 22.4 Å². The fourth-order valence-corrected chi connectivity index (χ4v) is 3.38. The molecule has 0 unspecified atom stereocenters. The highest BCUT2D eigenvalue weighted by molar-refractivity contribution is 5.78. The van der Waals surface area contributed by atoms with Crippen LogP contribution in [0.1, 0.15) is 22.8 Å². The van der Waals surface area contributed by atoms with Gasteiger partial charge in [0.1, 0.15) is 17.1 Å². The number of aromatic nitrogens is 3. The molecule has 3 aromatic heterocycles. The Bertz CT molecular complexity index is 1450. The van der Waals surface area contributed by atoms with Gasteiger partial charge in [-0.15, -0.1) is 4.74 Å². The van der Waals surface area contributed by atoms with Crippen LogP contribution in [0.2, 0.25) is 0 Å². The predicted molar refractivity (Wildman–Crippen MR) is 108 cm³/mol. The van der Waals surface area contributed by atoms with Crippen LogP contribution in [0, 0.1) is 6.92 Å². The minimum Gasteiger partial charge on any atom is -0.461 e. The SMILES string of the molecule is Cc1oc(-c2ccccc2)nc1Cc1cc2cc(Cn3oc(=O)[nH]c3=O)ccc2o1. The molecule has 0 saturated heterocycles. The summed E-state index contributed by atoms with van der Waals surface area (Å²) in [5.41, 5.74) is 2.69. The summed E-state index contributed by atoms with van der Waals surface area (Å²) in [6.07, 6.45) is 0.498. The largest absolute Gasteiger partial charge is 0.461 e. The van der Waals surface area contributed by atoms with Crippen LogP contribution in [0.3, 0.4) is 0 Å². The van der Waals surface area contributed by atoms with Gasteiger partial charge in [-0.3, -0.25) is 0 Å². The summed E-state index contributed by atoms with van der Waals surface area (Å²) in [5, 5.41) is 0.887. The Kier molecular flexibility index (Phi) is 4.24. The molecule has 1 N–H and O–H groups in total. The number of aryl methyl sites for hydroxylation is 1. The highest BCUT2D eigenvalue weighted by Crippen LogP contribution is 2.26. The van der Waals surface area contributed by atoms with E-state index in [0.29, 0.717) is 12.3 Å². The van der Waals surface area contributed by atoms with Gasteiger partial charge in [-0.2, -0.15) is 0 Å². The number of nitrogens with one attached hydrogen (secondary N) is 1. The van der Waals surface area contributed by atoms with E-state index >= 15 is 0 Å². The molecule has 30 heavy (non-hydrogen) atoms. The highest BCUT2D eigenvalue weighted by Gasteiger charge is 2.14. The third-order valence-electron chi connectivity index (χ3n) is 4.84. The molecule has 0 fully saturated rings. The molecule has 0 spiro atoms. The first kappa shape index (κ1) is 18.0. The molecular formula is C22H17N3O5. The Hall–Kier alpha value is -4.07. The van der Waals surface area contributed by atoms with Crippen LogP contribution >= 0.6 is 0 Å². The third kappa shape index (κ3) is 3.39. The van der Waals surface area contributed by atoms with Crippen molar-refractivity contribution in [2.45, 2.75) is 19.9 Å². The number of hydrogen-bond donors (Lipinski definition) is 1. The summed E-state index contributed by atoms with van der Waals surface area (Å²) in [6.45, 7) is 2.04. The number of benzene rings is 2. The minimum absolute atomic E-state index is 0.150. The van der Waals surface area contributed by atoms with Crippen molar-refractivity contribution in [2.24, 2.45) is 0 Å². The molecule has 0 amide bonds. The zero-order chi connectivity index (χ0) is 20.7. The molecule has 0 aliphatic rings. The number of rotatable bonds is 5. The maximum Gasteiger partial charge on any atom is 0.440 e. The number of aromatic amines is 1. The van der Waals surface area contributed by atoms with Gasteiger partial charge in [-0.25, -0.2) is 19.6 Å². The zero-order valence-electron chi connectivity index (χ0n) is 16.0. The van der Waals surface area contributed by atoms with Crippen molar-refractivity contribution in [3.05, 3.63) is 98.4 Å². The molecule has 3 heterocycles. The molecule has 8 nitrogen and oxygen atoms in total. The smallest absolute Gasteiger partial charge is 0.440 e. The molecule has 0 atom stereocenters.